The Morgan fingerprint density at radius 2 is 1.64 bits per heavy atom. The summed E-state index contributed by atoms with van der Waals surface area (Å²) in [5.41, 5.74) is 4.45. The van der Waals surface area contributed by atoms with Gasteiger partial charge in [-0.2, -0.15) is 13.2 Å². The van der Waals surface area contributed by atoms with Gasteiger partial charge in [0.15, 0.2) is 0 Å². The van der Waals surface area contributed by atoms with E-state index in [4.69, 9.17) is 5.73 Å². The van der Waals surface area contributed by atoms with Crippen molar-refractivity contribution in [3.63, 3.8) is 0 Å². The molecule has 0 aromatic heterocycles. The van der Waals surface area contributed by atoms with E-state index in [1.165, 1.54) is 0 Å². The third-order valence-corrected chi connectivity index (χ3v) is 1.50. The SMILES string of the molecule is CC(C)(CCN)CC(F)(F)F. The zero-order chi connectivity index (χ0) is 9.12. The summed E-state index contributed by atoms with van der Waals surface area (Å²) in [5.74, 6) is 0. The Morgan fingerprint density at radius 3 is 1.91 bits per heavy atom. The topological polar surface area (TPSA) is 26.0 Å². The minimum Gasteiger partial charge on any atom is -0.330 e. The second-order valence-corrected chi connectivity index (χ2v) is 3.49. The lowest BCUT2D eigenvalue weighted by molar-refractivity contribution is -0.154. The van der Waals surface area contributed by atoms with Crippen molar-refractivity contribution in [3.8, 4) is 0 Å². The third-order valence-electron chi connectivity index (χ3n) is 1.50. The smallest absolute Gasteiger partial charge is 0.330 e. The van der Waals surface area contributed by atoms with Crippen LogP contribution in [0, 0.1) is 5.41 Å². The van der Waals surface area contributed by atoms with Gasteiger partial charge in [0.25, 0.3) is 0 Å². The van der Waals surface area contributed by atoms with Crippen LogP contribution < -0.4 is 5.73 Å². The number of nitrogens with two attached hydrogens (primary N) is 1. The molecule has 0 rings (SSSR count). The average molecular weight is 169 g/mol. The minimum atomic E-state index is -4.07. The van der Waals surface area contributed by atoms with Gasteiger partial charge in [0.1, 0.15) is 0 Å². The molecule has 0 heterocycles. The van der Waals surface area contributed by atoms with E-state index in [-0.39, 0.29) is 0 Å². The summed E-state index contributed by atoms with van der Waals surface area (Å²) >= 11 is 0. The standard InChI is InChI=1S/C7H14F3N/c1-6(2,3-4-11)5-7(8,9)10/h3-5,11H2,1-2H3. The molecule has 1 nitrogen and oxygen atoms in total. The molecular formula is C7H14F3N. The van der Waals surface area contributed by atoms with E-state index in [2.05, 4.69) is 0 Å². The largest absolute Gasteiger partial charge is 0.389 e. The molecule has 2 N–H and O–H groups in total. The average Bonchev–Trinajstić information content (AvgIpc) is 1.55. The first kappa shape index (κ1) is 10.8. The zero-order valence-electron chi connectivity index (χ0n) is 6.83. The van der Waals surface area contributed by atoms with E-state index in [0.717, 1.165) is 0 Å². The summed E-state index contributed by atoms with van der Waals surface area (Å²) in [5, 5.41) is 0. The number of rotatable bonds is 3. The quantitative estimate of drug-likeness (QED) is 0.689. The van der Waals surface area contributed by atoms with Crippen LogP contribution in [0.2, 0.25) is 0 Å². The van der Waals surface area contributed by atoms with E-state index in [1.54, 1.807) is 13.8 Å². The van der Waals surface area contributed by atoms with Gasteiger partial charge in [-0.3, -0.25) is 0 Å². The van der Waals surface area contributed by atoms with Crippen molar-refractivity contribution >= 4 is 0 Å². The first-order chi connectivity index (χ1) is 4.77. The maximum Gasteiger partial charge on any atom is 0.389 e. The number of halogens is 3. The second kappa shape index (κ2) is 3.43. The van der Waals surface area contributed by atoms with Crippen LogP contribution in [0.4, 0.5) is 13.2 Å². The van der Waals surface area contributed by atoms with Crippen LogP contribution >= 0.6 is 0 Å². The maximum atomic E-state index is 11.8. The van der Waals surface area contributed by atoms with Crippen molar-refractivity contribution in [1.29, 1.82) is 0 Å². The first-order valence-corrected chi connectivity index (χ1v) is 3.54. The van der Waals surface area contributed by atoms with E-state index >= 15 is 0 Å². The van der Waals surface area contributed by atoms with E-state index in [0.29, 0.717) is 13.0 Å². The van der Waals surface area contributed by atoms with Crippen LogP contribution in [0.1, 0.15) is 26.7 Å². The molecule has 0 atom stereocenters. The van der Waals surface area contributed by atoms with Crippen LogP contribution in [0.25, 0.3) is 0 Å². The zero-order valence-corrected chi connectivity index (χ0v) is 6.83. The summed E-state index contributed by atoms with van der Waals surface area (Å²) in [6.45, 7) is 3.46. The van der Waals surface area contributed by atoms with Crippen molar-refractivity contribution in [2.24, 2.45) is 11.1 Å². The number of hydrogen-bond acceptors (Lipinski definition) is 1. The Morgan fingerprint density at radius 1 is 1.18 bits per heavy atom. The normalized spacial score (nSPS) is 13.6. The molecule has 0 fully saturated rings. The predicted octanol–water partition coefficient (Wildman–Crippen LogP) is 2.31. The molecule has 4 heteroatoms. The van der Waals surface area contributed by atoms with Gasteiger partial charge in [-0.05, 0) is 18.4 Å². The van der Waals surface area contributed by atoms with Crippen LogP contribution in [-0.2, 0) is 0 Å². The Kier molecular flexibility index (Phi) is 3.35. The molecule has 0 spiro atoms. The highest BCUT2D eigenvalue weighted by Crippen LogP contribution is 2.34. The van der Waals surface area contributed by atoms with Crippen LogP contribution in [0.5, 0.6) is 0 Å². The van der Waals surface area contributed by atoms with Crippen LogP contribution in [0.15, 0.2) is 0 Å². The lowest BCUT2D eigenvalue weighted by Crippen LogP contribution is -2.24. The van der Waals surface area contributed by atoms with Gasteiger partial charge in [-0.1, -0.05) is 13.8 Å². The van der Waals surface area contributed by atoms with Gasteiger partial charge in [0.2, 0.25) is 0 Å². The van der Waals surface area contributed by atoms with Crippen LogP contribution in [-0.4, -0.2) is 12.7 Å². The molecule has 0 unspecified atom stereocenters. The summed E-state index contributed by atoms with van der Waals surface area (Å²) < 4.78 is 35.5. The molecular weight excluding hydrogens is 155 g/mol. The highest BCUT2D eigenvalue weighted by atomic mass is 19.4. The van der Waals surface area contributed by atoms with Gasteiger partial charge in [-0.25, -0.2) is 0 Å². The van der Waals surface area contributed by atoms with Crippen LogP contribution in [0.3, 0.4) is 0 Å². The van der Waals surface area contributed by atoms with Gasteiger partial charge in [-0.15, -0.1) is 0 Å². The van der Waals surface area contributed by atoms with Gasteiger partial charge in [0, 0.05) is 6.42 Å². The van der Waals surface area contributed by atoms with E-state index in [1.807, 2.05) is 0 Å². The van der Waals surface area contributed by atoms with E-state index < -0.39 is 18.0 Å². The van der Waals surface area contributed by atoms with Crippen molar-refractivity contribution < 1.29 is 13.2 Å². The molecule has 0 amide bonds. The number of hydrogen-bond donors (Lipinski definition) is 1. The van der Waals surface area contributed by atoms with Crippen molar-refractivity contribution in [3.05, 3.63) is 0 Å². The molecule has 68 valence electrons. The van der Waals surface area contributed by atoms with Gasteiger partial charge < -0.3 is 5.73 Å². The molecule has 0 aromatic carbocycles. The predicted molar refractivity (Wildman–Crippen MR) is 38.1 cm³/mol. The molecule has 11 heavy (non-hydrogen) atoms. The highest BCUT2D eigenvalue weighted by molar-refractivity contribution is 4.72. The Bertz CT molecular complexity index is 117. The second-order valence-electron chi connectivity index (χ2n) is 3.49. The van der Waals surface area contributed by atoms with Crippen molar-refractivity contribution in [1.82, 2.24) is 0 Å². The molecule has 0 radical (unpaired) electrons. The lowest BCUT2D eigenvalue weighted by Gasteiger charge is -2.24. The summed E-state index contributed by atoms with van der Waals surface area (Å²) in [7, 11) is 0. The third kappa shape index (κ3) is 6.16. The number of alkyl halides is 3. The summed E-state index contributed by atoms with van der Waals surface area (Å²) in [6.07, 6.45) is -4.41. The summed E-state index contributed by atoms with van der Waals surface area (Å²) in [6, 6.07) is 0. The molecule has 0 bridgehead atoms. The molecule has 0 aromatic rings. The lowest BCUT2D eigenvalue weighted by atomic mass is 9.85. The van der Waals surface area contributed by atoms with Crippen molar-refractivity contribution in [2.75, 3.05) is 6.54 Å². The molecule has 0 aliphatic rings. The minimum absolute atomic E-state index is 0.309. The van der Waals surface area contributed by atoms with Gasteiger partial charge >= 0.3 is 6.18 Å². The Hall–Kier alpha value is -0.250. The maximum absolute atomic E-state index is 11.8. The van der Waals surface area contributed by atoms with Crippen molar-refractivity contribution in [2.45, 2.75) is 32.9 Å². The van der Waals surface area contributed by atoms with Gasteiger partial charge in [0.05, 0.1) is 0 Å². The summed E-state index contributed by atoms with van der Waals surface area (Å²) in [4.78, 5) is 0. The molecule has 0 aliphatic carbocycles. The fourth-order valence-corrected chi connectivity index (χ4v) is 1.02. The monoisotopic (exact) mass is 169 g/mol. The molecule has 0 aliphatic heterocycles. The van der Waals surface area contributed by atoms with E-state index in [9.17, 15) is 13.2 Å². The highest BCUT2D eigenvalue weighted by Gasteiger charge is 2.35. The fourth-order valence-electron chi connectivity index (χ4n) is 1.02. The first-order valence-electron chi connectivity index (χ1n) is 3.54. The Labute approximate surface area is 64.8 Å². The molecule has 0 saturated heterocycles. The fraction of sp³-hybridized carbons (Fsp3) is 1.00. The Balaban J connectivity index is 3.91. The molecule has 0 saturated carbocycles.